The molecule has 0 saturated heterocycles. The van der Waals surface area contributed by atoms with Gasteiger partial charge in [-0.15, -0.1) is 0 Å². The van der Waals surface area contributed by atoms with Gasteiger partial charge < -0.3 is 15.2 Å². The van der Waals surface area contributed by atoms with Gasteiger partial charge in [0, 0.05) is 10.1 Å². The third-order valence-corrected chi connectivity index (χ3v) is 4.54. The third kappa shape index (κ3) is 7.09. The molecule has 3 nitrogen and oxygen atoms in total. The standard InChI is InChI=1S/C13H18I3NO2/c1-8(2)5-17-6-10(18)7-19-13-11(15)3-9(14)4-12(13)16/h3-4,8,10,17-18H,5-7H2,1-2H3. The lowest BCUT2D eigenvalue weighted by molar-refractivity contribution is 0.105. The van der Waals surface area contributed by atoms with Crippen LogP contribution in [0.5, 0.6) is 5.75 Å². The molecule has 108 valence electrons. The number of aliphatic hydroxyl groups is 1. The summed E-state index contributed by atoms with van der Waals surface area (Å²) in [7, 11) is 0. The number of aliphatic hydroxyl groups excluding tert-OH is 1. The Hall–Kier alpha value is 1.13. The summed E-state index contributed by atoms with van der Waals surface area (Å²) in [6.07, 6.45) is -0.482. The minimum Gasteiger partial charge on any atom is -0.489 e. The van der Waals surface area contributed by atoms with E-state index in [1.165, 1.54) is 3.57 Å². The quantitative estimate of drug-likeness (QED) is 0.471. The number of rotatable bonds is 7. The van der Waals surface area contributed by atoms with Crippen molar-refractivity contribution in [3.05, 3.63) is 22.8 Å². The van der Waals surface area contributed by atoms with E-state index in [1.807, 2.05) is 0 Å². The fourth-order valence-corrected chi connectivity index (χ4v) is 5.34. The van der Waals surface area contributed by atoms with Gasteiger partial charge in [-0.2, -0.15) is 0 Å². The van der Waals surface area contributed by atoms with E-state index in [2.05, 4.69) is 99.1 Å². The lowest BCUT2D eigenvalue weighted by atomic mass is 10.2. The molecule has 0 bridgehead atoms. The summed E-state index contributed by atoms with van der Waals surface area (Å²) < 4.78 is 9.09. The summed E-state index contributed by atoms with van der Waals surface area (Å²) in [6.45, 7) is 6.08. The van der Waals surface area contributed by atoms with Crippen molar-refractivity contribution in [2.24, 2.45) is 5.92 Å². The van der Waals surface area contributed by atoms with Gasteiger partial charge in [0.15, 0.2) is 0 Å². The first-order valence-corrected chi connectivity index (χ1v) is 9.30. The van der Waals surface area contributed by atoms with E-state index in [9.17, 15) is 5.11 Å². The number of benzene rings is 1. The van der Waals surface area contributed by atoms with E-state index in [1.54, 1.807) is 0 Å². The molecule has 1 aromatic carbocycles. The minimum absolute atomic E-state index is 0.317. The number of nitrogens with one attached hydrogen (secondary N) is 1. The highest BCUT2D eigenvalue weighted by Crippen LogP contribution is 2.29. The molecular weight excluding hydrogens is 583 g/mol. The Balaban J connectivity index is 2.44. The van der Waals surface area contributed by atoms with Crippen LogP contribution in [0, 0.1) is 16.6 Å². The smallest absolute Gasteiger partial charge is 0.146 e. The number of hydrogen-bond donors (Lipinski definition) is 2. The molecule has 0 fully saturated rings. The summed E-state index contributed by atoms with van der Waals surface area (Å²) in [5, 5.41) is 13.1. The Bertz CT molecular complexity index is 390. The normalized spacial score (nSPS) is 12.8. The average molecular weight is 601 g/mol. The van der Waals surface area contributed by atoms with Gasteiger partial charge in [0.05, 0.1) is 7.14 Å². The first-order chi connectivity index (χ1) is 8.90. The van der Waals surface area contributed by atoms with Gasteiger partial charge in [0.2, 0.25) is 0 Å². The van der Waals surface area contributed by atoms with Gasteiger partial charge in [0.1, 0.15) is 18.5 Å². The van der Waals surface area contributed by atoms with E-state index in [-0.39, 0.29) is 0 Å². The molecular formula is C13H18I3NO2. The van der Waals surface area contributed by atoms with Crippen LogP contribution < -0.4 is 10.1 Å². The predicted molar refractivity (Wildman–Crippen MR) is 104 cm³/mol. The molecule has 0 aliphatic rings. The minimum atomic E-state index is -0.482. The van der Waals surface area contributed by atoms with Gasteiger partial charge in [0.25, 0.3) is 0 Å². The molecule has 0 spiro atoms. The molecule has 0 saturated carbocycles. The van der Waals surface area contributed by atoms with Crippen molar-refractivity contribution >= 4 is 67.8 Å². The molecule has 1 atom stereocenters. The Kier molecular flexibility index (Phi) is 8.81. The van der Waals surface area contributed by atoms with Crippen molar-refractivity contribution < 1.29 is 9.84 Å². The topological polar surface area (TPSA) is 41.5 Å². The molecule has 2 N–H and O–H groups in total. The van der Waals surface area contributed by atoms with Gasteiger partial charge in [-0.1, -0.05) is 13.8 Å². The number of ether oxygens (including phenoxy) is 1. The van der Waals surface area contributed by atoms with Crippen LogP contribution in [-0.2, 0) is 0 Å². The van der Waals surface area contributed by atoms with Crippen molar-refractivity contribution in [2.75, 3.05) is 19.7 Å². The third-order valence-electron chi connectivity index (χ3n) is 2.32. The van der Waals surface area contributed by atoms with E-state index < -0.39 is 6.10 Å². The van der Waals surface area contributed by atoms with Crippen LogP contribution in [0.3, 0.4) is 0 Å². The fourth-order valence-electron chi connectivity index (χ4n) is 1.44. The predicted octanol–water partition coefficient (Wildman–Crippen LogP) is 3.49. The van der Waals surface area contributed by atoms with Crippen LogP contribution in [0.15, 0.2) is 12.1 Å². The Morgan fingerprint density at radius 1 is 1.16 bits per heavy atom. The Labute approximate surface area is 155 Å². The molecule has 0 aromatic heterocycles. The molecule has 1 rings (SSSR count). The summed E-state index contributed by atoms with van der Waals surface area (Å²) in [4.78, 5) is 0. The van der Waals surface area contributed by atoms with E-state index >= 15 is 0 Å². The maximum atomic E-state index is 9.87. The second-order valence-electron chi connectivity index (χ2n) is 4.72. The van der Waals surface area contributed by atoms with Crippen LogP contribution in [-0.4, -0.2) is 30.9 Å². The molecule has 0 aliphatic heterocycles. The van der Waals surface area contributed by atoms with E-state index in [0.29, 0.717) is 19.1 Å². The van der Waals surface area contributed by atoms with Crippen LogP contribution in [0.2, 0.25) is 0 Å². The van der Waals surface area contributed by atoms with Crippen molar-refractivity contribution in [2.45, 2.75) is 20.0 Å². The molecule has 0 radical (unpaired) electrons. The first-order valence-electron chi connectivity index (χ1n) is 6.06. The van der Waals surface area contributed by atoms with Crippen LogP contribution in [0.1, 0.15) is 13.8 Å². The Morgan fingerprint density at radius 2 is 1.74 bits per heavy atom. The van der Waals surface area contributed by atoms with Crippen molar-refractivity contribution in [1.82, 2.24) is 5.32 Å². The summed E-state index contributed by atoms with van der Waals surface area (Å²) >= 11 is 6.82. The van der Waals surface area contributed by atoms with Crippen molar-refractivity contribution in [3.63, 3.8) is 0 Å². The molecule has 1 aromatic rings. The van der Waals surface area contributed by atoms with E-state index in [0.717, 1.165) is 19.4 Å². The number of halogens is 3. The maximum Gasteiger partial charge on any atom is 0.146 e. The van der Waals surface area contributed by atoms with E-state index in [4.69, 9.17) is 4.74 Å². The SMILES string of the molecule is CC(C)CNCC(O)COc1c(I)cc(I)cc1I. The van der Waals surface area contributed by atoms with Crippen LogP contribution in [0.4, 0.5) is 0 Å². The number of hydrogen-bond acceptors (Lipinski definition) is 3. The maximum absolute atomic E-state index is 9.87. The summed E-state index contributed by atoms with van der Waals surface area (Å²) in [5.74, 6) is 1.45. The van der Waals surface area contributed by atoms with Crippen LogP contribution >= 0.6 is 67.8 Å². The average Bonchev–Trinajstić information content (AvgIpc) is 2.26. The molecule has 1 unspecified atom stereocenters. The van der Waals surface area contributed by atoms with Gasteiger partial charge >= 0.3 is 0 Å². The van der Waals surface area contributed by atoms with Crippen molar-refractivity contribution in [3.8, 4) is 5.75 Å². The molecule has 6 heteroatoms. The highest BCUT2D eigenvalue weighted by molar-refractivity contribution is 14.1. The highest BCUT2D eigenvalue weighted by atomic mass is 127. The van der Waals surface area contributed by atoms with Gasteiger partial charge in [-0.3, -0.25) is 0 Å². The zero-order chi connectivity index (χ0) is 14.4. The van der Waals surface area contributed by atoms with Crippen LogP contribution in [0.25, 0.3) is 0 Å². The molecule has 0 aliphatic carbocycles. The zero-order valence-electron chi connectivity index (χ0n) is 10.9. The molecule has 19 heavy (non-hydrogen) atoms. The zero-order valence-corrected chi connectivity index (χ0v) is 17.4. The first kappa shape index (κ1) is 18.2. The molecule has 0 heterocycles. The lowest BCUT2D eigenvalue weighted by Gasteiger charge is -2.16. The summed E-state index contributed by atoms with van der Waals surface area (Å²) in [6, 6.07) is 4.14. The van der Waals surface area contributed by atoms with Gasteiger partial charge in [-0.05, 0) is 92.4 Å². The largest absolute Gasteiger partial charge is 0.489 e. The monoisotopic (exact) mass is 601 g/mol. The van der Waals surface area contributed by atoms with Crippen molar-refractivity contribution in [1.29, 1.82) is 0 Å². The summed E-state index contributed by atoms with van der Waals surface area (Å²) in [5.41, 5.74) is 0. The second kappa shape index (κ2) is 9.21. The highest BCUT2D eigenvalue weighted by Gasteiger charge is 2.11. The second-order valence-corrected chi connectivity index (χ2v) is 8.29. The lowest BCUT2D eigenvalue weighted by Crippen LogP contribution is -2.33. The fraction of sp³-hybridized carbons (Fsp3) is 0.538. The Morgan fingerprint density at radius 3 is 2.26 bits per heavy atom. The molecule has 0 amide bonds. The van der Waals surface area contributed by atoms with Gasteiger partial charge in [-0.25, -0.2) is 0 Å².